The number of quaternary nitrogens is 1. The fraction of sp³-hybridized carbons (Fsp3) is 0.500. The van der Waals surface area contributed by atoms with Gasteiger partial charge >= 0.3 is 6.09 Å². The van der Waals surface area contributed by atoms with Gasteiger partial charge in [0.15, 0.2) is 5.70 Å². The van der Waals surface area contributed by atoms with E-state index in [1.54, 1.807) is 11.1 Å². The number of carbonyl (C=O) groups is 1. The van der Waals surface area contributed by atoms with E-state index in [4.69, 9.17) is 9.73 Å². The largest absolute Gasteiger partial charge is 0.453 e. The molecule has 1 fully saturated rings. The number of carbonyl (C=O) groups excluding carboxylic acids is 1. The van der Waals surface area contributed by atoms with Crippen molar-refractivity contribution in [1.29, 1.82) is 0 Å². The lowest BCUT2D eigenvalue weighted by molar-refractivity contribution is -0.709. The van der Waals surface area contributed by atoms with Crippen LogP contribution in [0, 0.1) is 5.92 Å². The van der Waals surface area contributed by atoms with Gasteiger partial charge in [-0.1, -0.05) is 0 Å². The predicted molar refractivity (Wildman–Crippen MR) is 83.9 cm³/mol. The van der Waals surface area contributed by atoms with Gasteiger partial charge in [-0.15, -0.1) is 0 Å². The lowest BCUT2D eigenvalue weighted by Crippen LogP contribution is -2.40. The van der Waals surface area contributed by atoms with E-state index in [0.29, 0.717) is 23.5 Å². The van der Waals surface area contributed by atoms with Crippen molar-refractivity contribution < 1.29 is 14.0 Å². The minimum atomic E-state index is -0.245. The molecule has 1 saturated heterocycles. The third-order valence-corrected chi connectivity index (χ3v) is 5.24. The zero-order valence-electron chi connectivity index (χ0n) is 12.1. The number of likely N-dealkylation sites (tertiary alicyclic amines) is 1. The summed E-state index contributed by atoms with van der Waals surface area (Å²) in [5.74, 6) is 0.353. The molecule has 3 rings (SSSR count). The maximum atomic E-state index is 11.5. The minimum Gasteiger partial charge on any atom is -0.453 e. The van der Waals surface area contributed by atoms with E-state index < -0.39 is 0 Å². The number of aliphatic imine (C=N–C) groups is 2. The first-order valence-corrected chi connectivity index (χ1v) is 7.75. The molecule has 1 amide bonds. The number of ether oxygens (including phenoxy) is 1. The molecule has 7 heteroatoms. The Morgan fingerprint density at radius 1 is 1.48 bits per heavy atom. The number of nitrogens with zero attached hydrogens (tertiary/aromatic N) is 4. The Morgan fingerprint density at radius 3 is 2.86 bits per heavy atom. The van der Waals surface area contributed by atoms with Gasteiger partial charge in [0.25, 0.3) is 4.74 Å². The van der Waals surface area contributed by atoms with Crippen molar-refractivity contribution in [2.75, 3.05) is 27.2 Å². The summed E-state index contributed by atoms with van der Waals surface area (Å²) in [6, 6.07) is 0. The SMILES string of the molecule is COC(=O)N1CCC(C2=C3C=NC=C[N+]3(C)C(Br)=N2)CC1. The lowest BCUT2D eigenvalue weighted by atomic mass is 9.92. The number of halogens is 1. The molecule has 0 aromatic carbocycles. The van der Waals surface area contributed by atoms with Crippen molar-refractivity contribution >= 4 is 33.0 Å². The van der Waals surface area contributed by atoms with Crippen LogP contribution in [0.1, 0.15) is 12.8 Å². The normalized spacial score (nSPS) is 28.7. The second kappa shape index (κ2) is 5.38. The standard InChI is InChI=1S/C14H18BrN4O2/c1-19-8-5-16-9-11(19)12(17-13(19)15)10-3-6-18(7-4-10)14(20)21-2/h5,8-10H,3-4,6-7H2,1-2H3/q+1. The molecule has 6 nitrogen and oxygen atoms in total. The van der Waals surface area contributed by atoms with Gasteiger partial charge in [-0.3, -0.25) is 4.99 Å². The molecule has 1 atom stereocenters. The Kier molecular flexibility index (Phi) is 3.71. The molecule has 3 aliphatic heterocycles. The highest BCUT2D eigenvalue weighted by Crippen LogP contribution is 2.38. The number of hydrogen-bond donors (Lipinski definition) is 0. The summed E-state index contributed by atoms with van der Waals surface area (Å²) in [5, 5.41) is 0. The summed E-state index contributed by atoms with van der Waals surface area (Å²) in [5.41, 5.74) is 2.20. The molecule has 3 heterocycles. The van der Waals surface area contributed by atoms with Gasteiger partial charge in [0.05, 0.1) is 26.6 Å². The van der Waals surface area contributed by atoms with E-state index in [2.05, 4.69) is 28.0 Å². The molecule has 0 saturated carbocycles. The van der Waals surface area contributed by atoms with Crippen LogP contribution in [-0.4, -0.2) is 53.7 Å². The van der Waals surface area contributed by atoms with Gasteiger partial charge in [0.2, 0.25) is 0 Å². The van der Waals surface area contributed by atoms with Crippen molar-refractivity contribution in [2.45, 2.75) is 12.8 Å². The summed E-state index contributed by atoms with van der Waals surface area (Å²) >= 11 is 3.57. The Bertz CT molecular complexity index is 588. The summed E-state index contributed by atoms with van der Waals surface area (Å²) in [7, 11) is 3.51. The number of piperidine rings is 1. The van der Waals surface area contributed by atoms with Gasteiger partial charge in [0.1, 0.15) is 11.9 Å². The highest BCUT2D eigenvalue weighted by molar-refractivity contribution is 9.18. The quantitative estimate of drug-likeness (QED) is 0.537. The summed E-state index contributed by atoms with van der Waals surface area (Å²) in [6.45, 7) is 1.41. The molecular weight excluding hydrogens is 336 g/mol. The van der Waals surface area contributed by atoms with Gasteiger partial charge < -0.3 is 9.64 Å². The molecule has 21 heavy (non-hydrogen) atoms. The molecule has 0 bridgehead atoms. The Labute approximate surface area is 132 Å². The predicted octanol–water partition coefficient (Wildman–Crippen LogP) is 2.44. The second-order valence-corrected chi connectivity index (χ2v) is 6.24. The zero-order chi connectivity index (χ0) is 15.0. The number of amidine groups is 1. The molecule has 112 valence electrons. The van der Waals surface area contributed by atoms with Crippen LogP contribution in [0.2, 0.25) is 0 Å². The van der Waals surface area contributed by atoms with Gasteiger partial charge in [-0.05, 0) is 12.8 Å². The van der Waals surface area contributed by atoms with Crippen LogP contribution in [0.5, 0.6) is 0 Å². The van der Waals surface area contributed by atoms with Crippen molar-refractivity contribution in [2.24, 2.45) is 15.9 Å². The molecule has 0 radical (unpaired) electrons. The van der Waals surface area contributed by atoms with Crippen LogP contribution < -0.4 is 0 Å². The van der Waals surface area contributed by atoms with Crippen LogP contribution in [-0.2, 0) is 4.74 Å². The van der Waals surface area contributed by atoms with Crippen molar-refractivity contribution in [3.63, 3.8) is 0 Å². The molecular formula is C14H18BrN4O2+. The van der Waals surface area contributed by atoms with E-state index in [9.17, 15) is 4.79 Å². The van der Waals surface area contributed by atoms with Crippen molar-refractivity contribution in [3.05, 3.63) is 23.8 Å². The van der Waals surface area contributed by atoms with Crippen molar-refractivity contribution in [3.8, 4) is 0 Å². The van der Waals surface area contributed by atoms with Gasteiger partial charge in [0, 0.05) is 34.9 Å². The van der Waals surface area contributed by atoms with Crippen LogP contribution >= 0.6 is 15.9 Å². The summed E-state index contributed by atoms with van der Waals surface area (Å²) in [4.78, 5) is 22.3. The molecule has 0 aromatic rings. The average Bonchev–Trinajstić information content (AvgIpc) is 2.78. The zero-order valence-corrected chi connectivity index (χ0v) is 13.7. The fourth-order valence-corrected chi connectivity index (χ4v) is 3.48. The van der Waals surface area contributed by atoms with Crippen LogP contribution in [0.3, 0.4) is 0 Å². The highest BCUT2D eigenvalue weighted by Gasteiger charge is 2.43. The minimum absolute atomic E-state index is 0.245. The maximum absolute atomic E-state index is 11.5. The molecule has 1 unspecified atom stereocenters. The van der Waals surface area contributed by atoms with Gasteiger partial charge in [-0.25, -0.2) is 9.28 Å². The number of fused-ring (bicyclic) bond motifs is 1. The highest BCUT2D eigenvalue weighted by atomic mass is 79.9. The Morgan fingerprint density at radius 2 is 2.19 bits per heavy atom. The van der Waals surface area contributed by atoms with Gasteiger partial charge in [-0.2, -0.15) is 4.99 Å². The van der Waals surface area contributed by atoms with E-state index in [0.717, 1.165) is 29.0 Å². The number of methoxy groups -OCH3 is 1. The Balaban J connectivity index is 1.80. The lowest BCUT2D eigenvalue weighted by Gasteiger charge is -2.31. The van der Waals surface area contributed by atoms with E-state index in [1.807, 2.05) is 12.4 Å². The summed E-state index contributed by atoms with van der Waals surface area (Å²) < 4.78 is 6.19. The second-order valence-electron chi connectivity index (χ2n) is 5.53. The first kappa shape index (κ1) is 14.5. The van der Waals surface area contributed by atoms with Crippen LogP contribution in [0.4, 0.5) is 4.79 Å². The fourth-order valence-electron chi connectivity index (χ4n) is 2.98. The number of rotatable bonds is 1. The van der Waals surface area contributed by atoms with E-state index in [1.165, 1.54) is 7.11 Å². The molecule has 0 N–H and O–H groups in total. The number of amides is 1. The van der Waals surface area contributed by atoms with E-state index >= 15 is 0 Å². The molecule has 0 aliphatic carbocycles. The first-order chi connectivity index (χ1) is 10.1. The van der Waals surface area contributed by atoms with Crippen LogP contribution in [0.25, 0.3) is 0 Å². The monoisotopic (exact) mass is 353 g/mol. The average molecular weight is 354 g/mol. The topological polar surface area (TPSA) is 54.3 Å². The van der Waals surface area contributed by atoms with E-state index in [-0.39, 0.29) is 6.09 Å². The Hall–Kier alpha value is -1.47. The smallest absolute Gasteiger partial charge is 0.409 e. The third kappa shape index (κ3) is 2.34. The molecule has 0 spiro atoms. The molecule has 0 aromatic heterocycles. The number of allylic oxidation sites excluding steroid dienone is 2. The third-order valence-electron chi connectivity index (χ3n) is 4.32. The summed E-state index contributed by atoms with van der Waals surface area (Å²) in [6.07, 6.45) is 7.25. The van der Waals surface area contributed by atoms with Crippen LogP contribution in [0.15, 0.2) is 33.8 Å². The number of hydrogen-bond acceptors (Lipinski definition) is 4. The maximum Gasteiger partial charge on any atom is 0.409 e. The first-order valence-electron chi connectivity index (χ1n) is 6.95. The van der Waals surface area contributed by atoms with Crippen molar-refractivity contribution in [1.82, 2.24) is 4.90 Å². The molecule has 3 aliphatic rings.